The van der Waals surface area contributed by atoms with E-state index in [2.05, 4.69) is 0 Å². The number of ether oxygens (including phenoxy) is 3. The molecule has 1 fully saturated rings. The van der Waals surface area contributed by atoms with Crippen LogP contribution in [0.1, 0.15) is 11.1 Å². The van der Waals surface area contributed by atoms with Crippen LogP contribution in [0.15, 0.2) is 36.4 Å². The number of methoxy groups -OCH3 is 2. The van der Waals surface area contributed by atoms with Gasteiger partial charge in [-0.1, -0.05) is 12.1 Å². The summed E-state index contributed by atoms with van der Waals surface area (Å²) < 4.78 is 15.3. The van der Waals surface area contributed by atoms with Gasteiger partial charge in [-0.25, -0.2) is 0 Å². The molecule has 0 saturated carbocycles. The summed E-state index contributed by atoms with van der Waals surface area (Å²) in [5.41, 5.74) is 0.0402. The van der Waals surface area contributed by atoms with Crippen molar-refractivity contribution in [1.29, 1.82) is 0 Å². The molecule has 0 aliphatic carbocycles. The minimum Gasteiger partial charge on any atom is -0.504 e. The van der Waals surface area contributed by atoms with Gasteiger partial charge in [-0.15, -0.1) is 0 Å². The third-order valence-electron chi connectivity index (χ3n) is 4.84. The first kappa shape index (κ1) is 18.8. The lowest BCUT2D eigenvalue weighted by atomic mass is 9.81. The Morgan fingerprint density at radius 2 is 1.59 bits per heavy atom. The fourth-order valence-electron chi connectivity index (χ4n) is 3.33. The van der Waals surface area contributed by atoms with Crippen LogP contribution in [-0.4, -0.2) is 47.7 Å². The zero-order valence-electron chi connectivity index (χ0n) is 15.1. The summed E-state index contributed by atoms with van der Waals surface area (Å²) >= 11 is 0. The number of aliphatic hydroxyl groups is 1. The first-order valence-electron chi connectivity index (χ1n) is 8.47. The minimum atomic E-state index is -1.40. The fourth-order valence-corrected chi connectivity index (χ4v) is 3.33. The molecular weight excluding hydrogens is 352 g/mol. The summed E-state index contributed by atoms with van der Waals surface area (Å²) in [5.74, 6) is -0.657. The highest BCUT2D eigenvalue weighted by molar-refractivity contribution is 5.77. The summed E-state index contributed by atoms with van der Waals surface area (Å²) in [6.07, 6.45) is 0.399. The van der Waals surface area contributed by atoms with Gasteiger partial charge in [-0.05, 0) is 41.8 Å². The zero-order valence-corrected chi connectivity index (χ0v) is 15.1. The van der Waals surface area contributed by atoms with Crippen molar-refractivity contribution in [2.24, 2.45) is 5.92 Å². The van der Waals surface area contributed by atoms with Crippen LogP contribution in [0.25, 0.3) is 0 Å². The SMILES string of the molecule is COc1cc(CC2C(=O)OCC2(O)Cc2ccc(O)c(OC)c2)ccc1O. The van der Waals surface area contributed by atoms with Crippen LogP contribution >= 0.6 is 0 Å². The third kappa shape index (κ3) is 3.78. The second kappa shape index (κ2) is 7.36. The number of phenolic OH excluding ortho intramolecular Hbond substituents is 2. The number of rotatable bonds is 6. The summed E-state index contributed by atoms with van der Waals surface area (Å²) in [6, 6.07) is 9.56. The predicted molar refractivity (Wildman–Crippen MR) is 96.1 cm³/mol. The van der Waals surface area contributed by atoms with Gasteiger partial charge in [0.15, 0.2) is 23.0 Å². The molecule has 1 heterocycles. The van der Waals surface area contributed by atoms with Crippen molar-refractivity contribution in [3.05, 3.63) is 47.5 Å². The Morgan fingerprint density at radius 3 is 2.19 bits per heavy atom. The number of carbonyl (C=O) groups is 1. The average Bonchev–Trinajstić information content (AvgIpc) is 2.93. The molecule has 1 aliphatic rings. The largest absolute Gasteiger partial charge is 0.504 e. The maximum absolute atomic E-state index is 12.3. The Hall–Kier alpha value is -2.93. The van der Waals surface area contributed by atoms with Gasteiger partial charge in [-0.3, -0.25) is 4.79 Å². The highest BCUT2D eigenvalue weighted by atomic mass is 16.6. The summed E-state index contributed by atoms with van der Waals surface area (Å²) in [7, 11) is 2.88. The van der Waals surface area contributed by atoms with Crippen LogP contribution in [-0.2, 0) is 22.4 Å². The molecule has 144 valence electrons. The smallest absolute Gasteiger partial charge is 0.312 e. The number of hydrogen-bond donors (Lipinski definition) is 3. The predicted octanol–water partition coefficient (Wildman–Crippen LogP) is 1.80. The second-order valence-electron chi connectivity index (χ2n) is 6.66. The molecule has 2 aromatic rings. The van der Waals surface area contributed by atoms with E-state index in [4.69, 9.17) is 14.2 Å². The quantitative estimate of drug-likeness (QED) is 0.662. The standard InChI is InChI=1S/C20H22O7/c1-25-17-8-12(3-5-15(17)21)7-14-19(23)27-11-20(14,24)10-13-4-6-16(22)18(9-13)26-2/h3-6,8-9,14,21-22,24H,7,10-11H2,1-2H3. The van der Waals surface area contributed by atoms with Crippen molar-refractivity contribution in [1.82, 2.24) is 0 Å². The minimum absolute atomic E-state index is 0.000253. The number of esters is 1. The third-order valence-corrected chi connectivity index (χ3v) is 4.84. The summed E-state index contributed by atoms with van der Waals surface area (Å²) in [6.45, 7) is -0.116. The molecule has 27 heavy (non-hydrogen) atoms. The van der Waals surface area contributed by atoms with Crippen molar-refractivity contribution in [2.75, 3.05) is 20.8 Å². The Labute approximate surface area is 156 Å². The molecule has 1 aliphatic heterocycles. The normalized spacial score (nSPS) is 21.7. The van der Waals surface area contributed by atoms with Crippen molar-refractivity contribution in [3.8, 4) is 23.0 Å². The second-order valence-corrected chi connectivity index (χ2v) is 6.66. The molecule has 7 heteroatoms. The topological polar surface area (TPSA) is 105 Å². The summed E-state index contributed by atoms with van der Waals surface area (Å²) in [5, 5.41) is 30.6. The molecule has 3 N–H and O–H groups in total. The molecule has 2 unspecified atom stereocenters. The van der Waals surface area contributed by atoms with E-state index in [1.54, 1.807) is 24.3 Å². The molecule has 2 atom stereocenters. The molecule has 0 amide bonds. The Bertz CT molecular complexity index is 848. The van der Waals surface area contributed by atoms with Crippen LogP contribution in [0.4, 0.5) is 0 Å². The van der Waals surface area contributed by atoms with Crippen molar-refractivity contribution < 1.29 is 34.3 Å². The highest BCUT2D eigenvalue weighted by Crippen LogP contribution is 2.36. The van der Waals surface area contributed by atoms with Crippen molar-refractivity contribution in [3.63, 3.8) is 0 Å². The number of hydrogen-bond acceptors (Lipinski definition) is 7. The molecule has 0 bridgehead atoms. The number of phenols is 2. The number of aromatic hydroxyl groups is 2. The molecular formula is C20H22O7. The van der Waals surface area contributed by atoms with E-state index in [1.165, 1.54) is 26.4 Å². The molecule has 2 aromatic carbocycles. The lowest BCUT2D eigenvalue weighted by Gasteiger charge is -2.26. The Balaban J connectivity index is 1.84. The first-order chi connectivity index (χ1) is 12.9. The molecule has 7 nitrogen and oxygen atoms in total. The van der Waals surface area contributed by atoms with E-state index in [0.717, 1.165) is 5.56 Å². The first-order valence-corrected chi connectivity index (χ1v) is 8.47. The lowest BCUT2D eigenvalue weighted by molar-refractivity contribution is -0.141. The number of benzene rings is 2. The lowest BCUT2D eigenvalue weighted by Crippen LogP contribution is -2.41. The van der Waals surface area contributed by atoms with E-state index in [9.17, 15) is 20.1 Å². The van der Waals surface area contributed by atoms with Crippen LogP contribution in [0.5, 0.6) is 23.0 Å². The van der Waals surface area contributed by atoms with E-state index >= 15 is 0 Å². The summed E-state index contributed by atoms with van der Waals surface area (Å²) in [4.78, 5) is 12.3. The monoisotopic (exact) mass is 374 g/mol. The van der Waals surface area contributed by atoms with Gasteiger partial charge >= 0.3 is 5.97 Å². The molecule has 0 spiro atoms. The van der Waals surface area contributed by atoms with Crippen molar-refractivity contribution >= 4 is 5.97 Å². The zero-order chi connectivity index (χ0) is 19.6. The van der Waals surface area contributed by atoms with Crippen LogP contribution in [0.2, 0.25) is 0 Å². The number of cyclic esters (lactones) is 1. The maximum atomic E-state index is 12.3. The van der Waals surface area contributed by atoms with Gasteiger partial charge in [0, 0.05) is 6.42 Å². The molecule has 3 rings (SSSR count). The maximum Gasteiger partial charge on any atom is 0.312 e. The van der Waals surface area contributed by atoms with Gasteiger partial charge in [0.2, 0.25) is 0 Å². The van der Waals surface area contributed by atoms with E-state index in [-0.39, 0.29) is 30.9 Å². The molecule has 0 radical (unpaired) electrons. The molecule has 0 aromatic heterocycles. The van der Waals surface area contributed by atoms with Gasteiger partial charge in [0.1, 0.15) is 12.2 Å². The molecule has 1 saturated heterocycles. The van der Waals surface area contributed by atoms with E-state index in [1.807, 2.05) is 0 Å². The number of carbonyl (C=O) groups excluding carboxylic acids is 1. The Kier molecular flexibility index (Phi) is 5.14. The van der Waals surface area contributed by atoms with Crippen LogP contribution < -0.4 is 9.47 Å². The fraction of sp³-hybridized carbons (Fsp3) is 0.350. The average molecular weight is 374 g/mol. The van der Waals surface area contributed by atoms with Crippen molar-refractivity contribution in [2.45, 2.75) is 18.4 Å². The Morgan fingerprint density at radius 1 is 1.04 bits per heavy atom. The van der Waals surface area contributed by atoms with Gasteiger partial charge < -0.3 is 29.5 Å². The highest BCUT2D eigenvalue weighted by Gasteiger charge is 2.49. The van der Waals surface area contributed by atoms with Crippen LogP contribution in [0.3, 0.4) is 0 Å². The van der Waals surface area contributed by atoms with E-state index < -0.39 is 17.5 Å². The van der Waals surface area contributed by atoms with Crippen LogP contribution in [0, 0.1) is 5.92 Å². The van der Waals surface area contributed by atoms with Gasteiger partial charge in [0.25, 0.3) is 0 Å². The van der Waals surface area contributed by atoms with Gasteiger partial charge in [-0.2, -0.15) is 0 Å². The van der Waals surface area contributed by atoms with E-state index in [0.29, 0.717) is 17.1 Å². The van der Waals surface area contributed by atoms with Gasteiger partial charge in [0.05, 0.1) is 20.1 Å².